The normalized spacial score (nSPS) is 14.5. The van der Waals surface area contributed by atoms with Crippen LogP contribution in [-0.2, 0) is 23.9 Å². The van der Waals surface area contributed by atoms with E-state index in [2.05, 4.69) is 4.18 Å². The summed E-state index contributed by atoms with van der Waals surface area (Å²) in [6, 6.07) is 5.27. The van der Waals surface area contributed by atoms with Crippen molar-refractivity contribution in [1.29, 1.82) is 0 Å². The third kappa shape index (κ3) is 3.76. The van der Waals surface area contributed by atoms with Gasteiger partial charge in [-0.15, -0.1) is 0 Å². The van der Waals surface area contributed by atoms with Gasteiger partial charge in [0.2, 0.25) is 6.10 Å². The van der Waals surface area contributed by atoms with E-state index >= 15 is 0 Å². The van der Waals surface area contributed by atoms with Gasteiger partial charge in [0.25, 0.3) is 10.1 Å². The summed E-state index contributed by atoms with van der Waals surface area (Å²) < 4.78 is 27.9. The number of hydrogen-bond acceptors (Lipinski definition) is 6. The van der Waals surface area contributed by atoms with Crippen LogP contribution in [0.5, 0.6) is 0 Å². The Hall–Kier alpha value is -1.97. The van der Waals surface area contributed by atoms with Gasteiger partial charge in [-0.05, 0) is 19.1 Å². The quantitative estimate of drug-likeness (QED) is 0.603. The number of aryl methyl sites for hydroxylation is 1. The Morgan fingerprint density at radius 2 is 1.60 bits per heavy atom. The Bertz CT molecular complexity index is 604. The Labute approximate surface area is 114 Å². The minimum absolute atomic E-state index is 0.341. The lowest BCUT2D eigenvalue weighted by Gasteiger charge is -2.16. The molecule has 0 aliphatic rings. The predicted octanol–water partition coefficient (Wildman–Crippen LogP) is -0.401. The zero-order chi connectivity index (χ0) is 15.5. The Balaban J connectivity index is 3.06. The van der Waals surface area contributed by atoms with E-state index in [1.54, 1.807) is 6.92 Å². The molecule has 1 rings (SSSR count). The maximum atomic E-state index is 11.8. The lowest BCUT2D eigenvalue weighted by molar-refractivity contribution is -0.163. The highest BCUT2D eigenvalue weighted by Crippen LogP contribution is 2.16. The molecule has 0 aromatic heterocycles. The highest BCUT2D eigenvalue weighted by atomic mass is 32.2. The average molecular weight is 304 g/mol. The van der Waals surface area contributed by atoms with Gasteiger partial charge in [0, 0.05) is 0 Å². The molecule has 9 heteroatoms. The van der Waals surface area contributed by atoms with E-state index in [-0.39, 0.29) is 4.90 Å². The number of benzene rings is 1. The van der Waals surface area contributed by atoms with Crippen molar-refractivity contribution < 1.29 is 37.5 Å². The van der Waals surface area contributed by atoms with Gasteiger partial charge >= 0.3 is 11.9 Å². The molecule has 1 aromatic rings. The molecule has 8 nitrogen and oxygen atoms in total. The summed E-state index contributed by atoms with van der Waals surface area (Å²) in [5.41, 5.74) is 0.768. The summed E-state index contributed by atoms with van der Waals surface area (Å²) in [5, 5.41) is 26.4. The first-order valence-electron chi connectivity index (χ1n) is 5.29. The Morgan fingerprint density at radius 3 is 2.00 bits per heavy atom. The number of aliphatic carboxylic acids is 2. The Morgan fingerprint density at radius 1 is 1.10 bits per heavy atom. The maximum absolute atomic E-state index is 11.8. The van der Waals surface area contributed by atoms with Crippen molar-refractivity contribution in [3.8, 4) is 0 Å². The molecule has 0 spiro atoms. The molecule has 0 saturated heterocycles. The number of hydrogen-bond donors (Lipinski definition) is 3. The summed E-state index contributed by atoms with van der Waals surface area (Å²) >= 11 is 0. The van der Waals surface area contributed by atoms with Gasteiger partial charge in [-0.2, -0.15) is 8.42 Å². The van der Waals surface area contributed by atoms with Crippen molar-refractivity contribution in [2.45, 2.75) is 24.0 Å². The molecule has 2 atom stereocenters. The summed E-state index contributed by atoms with van der Waals surface area (Å²) in [6.45, 7) is 1.71. The maximum Gasteiger partial charge on any atom is 0.337 e. The lowest BCUT2D eigenvalue weighted by atomic mass is 10.2. The predicted molar refractivity (Wildman–Crippen MR) is 64.5 cm³/mol. The van der Waals surface area contributed by atoms with Crippen molar-refractivity contribution in [2.75, 3.05) is 0 Å². The molecule has 0 radical (unpaired) electrons. The fourth-order valence-electron chi connectivity index (χ4n) is 1.26. The standard InChI is InChI=1S/C11H12O8S/c1-6-2-4-7(5-3-6)20(17,18)19-9(11(15)16)8(12)10(13)14/h2-5,8-9,12H,1H3,(H,13,14)(H,15,16)/t8-,9-/m1/s1. The molecule has 1 aromatic carbocycles. The largest absolute Gasteiger partial charge is 0.479 e. The molecule has 0 amide bonds. The van der Waals surface area contributed by atoms with Crippen molar-refractivity contribution in [3.05, 3.63) is 29.8 Å². The van der Waals surface area contributed by atoms with Crippen molar-refractivity contribution >= 4 is 22.1 Å². The summed E-state index contributed by atoms with van der Waals surface area (Å²) in [5.74, 6) is -3.81. The van der Waals surface area contributed by atoms with Crippen molar-refractivity contribution in [3.63, 3.8) is 0 Å². The van der Waals surface area contributed by atoms with Crippen LogP contribution >= 0.6 is 0 Å². The molecule has 0 aliphatic heterocycles. The monoisotopic (exact) mass is 304 g/mol. The minimum atomic E-state index is -4.50. The zero-order valence-electron chi connectivity index (χ0n) is 10.3. The fourth-order valence-corrected chi connectivity index (χ4v) is 2.30. The molecule has 110 valence electrons. The first-order valence-corrected chi connectivity index (χ1v) is 6.69. The molecular weight excluding hydrogens is 292 g/mol. The van der Waals surface area contributed by atoms with Crippen LogP contribution in [0.2, 0.25) is 0 Å². The number of rotatable bonds is 6. The third-order valence-corrected chi connectivity index (χ3v) is 3.63. The van der Waals surface area contributed by atoms with Crippen LogP contribution in [-0.4, -0.2) is 47.9 Å². The first kappa shape index (κ1) is 16.1. The highest BCUT2D eigenvalue weighted by molar-refractivity contribution is 7.86. The molecule has 0 unspecified atom stereocenters. The molecular formula is C11H12O8S. The third-order valence-electron chi connectivity index (χ3n) is 2.32. The highest BCUT2D eigenvalue weighted by Gasteiger charge is 2.37. The summed E-state index contributed by atoms with van der Waals surface area (Å²) in [7, 11) is -4.50. The minimum Gasteiger partial charge on any atom is -0.479 e. The van der Waals surface area contributed by atoms with Gasteiger partial charge in [-0.25, -0.2) is 13.8 Å². The molecule has 0 aliphatic carbocycles. The van der Waals surface area contributed by atoms with Gasteiger partial charge in [0.15, 0.2) is 6.10 Å². The molecule has 3 N–H and O–H groups in total. The second kappa shape index (κ2) is 5.99. The van der Waals surface area contributed by atoms with E-state index in [1.807, 2.05) is 0 Å². The molecule has 20 heavy (non-hydrogen) atoms. The molecule has 0 saturated carbocycles. The van der Waals surface area contributed by atoms with Gasteiger partial charge in [0.1, 0.15) is 0 Å². The smallest absolute Gasteiger partial charge is 0.337 e. The lowest BCUT2D eigenvalue weighted by Crippen LogP contribution is -2.42. The average Bonchev–Trinajstić information content (AvgIpc) is 2.35. The van der Waals surface area contributed by atoms with Crippen LogP contribution in [0, 0.1) is 6.92 Å². The van der Waals surface area contributed by atoms with Crippen LogP contribution in [0.1, 0.15) is 5.56 Å². The number of carbonyl (C=O) groups is 2. The number of aliphatic hydroxyl groups excluding tert-OH is 1. The van der Waals surface area contributed by atoms with Crippen LogP contribution in [0.4, 0.5) is 0 Å². The van der Waals surface area contributed by atoms with E-state index < -0.39 is 34.3 Å². The second-order valence-corrected chi connectivity index (χ2v) is 5.48. The summed E-state index contributed by atoms with van der Waals surface area (Å²) in [4.78, 5) is 21.0. The van der Waals surface area contributed by atoms with Crippen LogP contribution in [0.25, 0.3) is 0 Å². The van der Waals surface area contributed by atoms with Crippen molar-refractivity contribution in [1.82, 2.24) is 0 Å². The van der Waals surface area contributed by atoms with Gasteiger partial charge in [-0.3, -0.25) is 0 Å². The van der Waals surface area contributed by atoms with Crippen LogP contribution in [0.15, 0.2) is 29.2 Å². The number of carboxylic acids is 2. The van der Waals surface area contributed by atoms with Crippen molar-refractivity contribution in [2.24, 2.45) is 0 Å². The second-order valence-electron chi connectivity index (χ2n) is 3.91. The van der Waals surface area contributed by atoms with Gasteiger partial charge in [-0.1, -0.05) is 17.7 Å². The van der Waals surface area contributed by atoms with E-state index in [9.17, 15) is 18.0 Å². The van der Waals surface area contributed by atoms with E-state index in [0.29, 0.717) is 0 Å². The zero-order valence-corrected chi connectivity index (χ0v) is 11.1. The van der Waals surface area contributed by atoms with Crippen LogP contribution < -0.4 is 0 Å². The van der Waals surface area contributed by atoms with Crippen LogP contribution in [0.3, 0.4) is 0 Å². The molecule has 0 fully saturated rings. The molecule has 0 heterocycles. The first-order chi connectivity index (χ1) is 9.15. The SMILES string of the molecule is Cc1ccc(S(=O)(=O)O[C@@H](C(=O)O)[C@@H](O)C(=O)O)cc1. The number of carboxylic acid groups (broad SMARTS) is 2. The van der Waals surface area contributed by atoms with E-state index in [0.717, 1.165) is 5.56 Å². The van der Waals surface area contributed by atoms with E-state index in [4.69, 9.17) is 15.3 Å². The topological polar surface area (TPSA) is 138 Å². The van der Waals surface area contributed by atoms with Gasteiger partial charge < -0.3 is 15.3 Å². The summed E-state index contributed by atoms with van der Waals surface area (Å²) in [6.07, 6.45) is -4.94. The number of aliphatic hydroxyl groups is 1. The molecule has 0 bridgehead atoms. The fraction of sp³-hybridized carbons (Fsp3) is 0.273. The van der Waals surface area contributed by atoms with E-state index in [1.165, 1.54) is 24.3 Å². The Kier molecular flexibility index (Phi) is 4.82. The van der Waals surface area contributed by atoms with Gasteiger partial charge in [0.05, 0.1) is 4.90 Å².